The van der Waals surface area contributed by atoms with E-state index < -0.39 is 0 Å². The summed E-state index contributed by atoms with van der Waals surface area (Å²) < 4.78 is 6.24. The molecule has 1 aromatic carbocycles. The number of rotatable bonds is 2. The molecule has 0 radical (unpaired) electrons. The molecule has 3 nitrogen and oxygen atoms in total. The molecule has 1 N–H and O–H groups in total. The van der Waals surface area contributed by atoms with Crippen molar-refractivity contribution in [2.45, 2.75) is 11.2 Å². The maximum atomic E-state index is 11.3. The molecule has 1 aliphatic heterocycles. The van der Waals surface area contributed by atoms with E-state index in [1.54, 1.807) is 0 Å². The maximum Gasteiger partial charge on any atom is 0.228 e. The molecule has 5 heteroatoms. The minimum atomic E-state index is -0.00944. The fourth-order valence-corrected chi connectivity index (χ4v) is 2.89. The van der Waals surface area contributed by atoms with Crippen LogP contribution in [0.4, 0.5) is 5.69 Å². The SMILES string of the molecule is O=C1Cc2cc(C(Br)c3ccc(Br)o3)ccc2N1. The van der Waals surface area contributed by atoms with Crippen molar-refractivity contribution in [3.8, 4) is 0 Å². The molecule has 0 saturated carbocycles. The summed E-state index contributed by atoms with van der Waals surface area (Å²) in [6, 6.07) is 9.73. The molecule has 0 spiro atoms. The zero-order valence-corrected chi connectivity index (χ0v) is 12.4. The molecule has 1 atom stereocenters. The number of benzene rings is 1. The number of amides is 1. The number of hydrogen-bond donors (Lipinski definition) is 1. The number of anilines is 1. The first-order valence-corrected chi connectivity index (χ1v) is 7.16. The summed E-state index contributed by atoms with van der Waals surface area (Å²) in [6.45, 7) is 0. The van der Waals surface area contributed by atoms with Crippen LogP contribution in [0.2, 0.25) is 0 Å². The van der Waals surface area contributed by atoms with E-state index in [0.717, 1.165) is 22.6 Å². The van der Waals surface area contributed by atoms with E-state index in [9.17, 15) is 4.79 Å². The predicted octanol–water partition coefficient (Wildman–Crippen LogP) is 4.02. The molecule has 1 unspecified atom stereocenters. The average molecular weight is 371 g/mol. The largest absolute Gasteiger partial charge is 0.453 e. The van der Waals surface area contributed by atoms with Gasteiger partial charge in [-0.15, -0.1) is 0 Å². The number of furan rings is 1. The molecule has 0 bridgehead atoms. The van der Waals surface area contributed by atoms with E-state index in [1.807, 2.05) is 30.3 Å². The summed E-state index contributed by atoms with van der Waals surface area (Å²) in [4.78, 5) is 11.3. The molecule has 3 rings (SSSR count). The number of hydrogen-bond acceptors (Lipinski definition) is 2. The third kappa shape index (κ3) is 2.12. The quantitative estimate of drug-likeness (QED) is 0.811. The van der Waals surface area contributed by atoms with Crippen LogP contribution >= 0.6 is 31.9 Å². The third-order valence-electron chi connectivity index (χ3n) is 2.89. The molecule has 1 aliphatic rings. The molecule has 18 heavy (non-hydrogen) atoms. The van der Waals surface area contributed by atoms with Crippen molar-refractivity contribution < 1.29 is 9.21 Å². The van der Waals surface area contributed by atoms with Gasteiger partial charge in [0, 0.05) is 5.69 Å². The minimum absolute atomic E-state index is 0.00944. The van der Waals surface area contributed by atoms with Crippen molar-refractivity contribution in [1.29, 1.82) is 0 Å². The van der Waals surface area contributed by atoms with Crippen LogP contribution in [0, 0.1) is 0 Å². The highest BCUT2D eigenvalue weighted by atomic mass is 79.9. The summed E-state index contributed by atoms with van der Waals surface area (Å²) >= 11 is 6.90. The summed E-state index contributed by atoms with van der Waals surface area (Å²) in [5, 5.41) is 2.82. The van der Waals surface area contributed by atoms with E-state index >= 15 is 0 Å². The van der Waals surface area contributed by atoms with Crippen molar-refractivity contribution in [2.75, 3.05) is 5.32 Å². The highest BCUT2D eigenvalue weighted by Gasteiger charge is 2.21. The van der Waals surface area contributed by atoms with Crippen LogP contribution in [0.15, 0.2) is 39.4 Å². The lowest BCUT2D eigenvalue weighted by atomic mass is 10.0. The van der Waals surface area contributed by atoms with Gasteiger partial charge >= 0.3 is 0 Å². The highest BCUT2D eigenvalue weighted by molar-refractivity contribution is 9.10. The number of carbonyl (C=O) groups is 1. The Labute approximate surface area is 121 Å². The van der Waals surface area contributed by atoms with E-state index in [4.69, 9.17) is 4.42 Å². The van der Waals surface area contributed by atoms with Gasteiger partial charge in [-0.3, -0.25) is 4.79 Å². The van der Waals surface area contributed by atoms with Gasteiger partial charge in [0.25, 0.3) is 0 Å². The Morgan fingerprint density at radius 1 is 1.28 bits per heavy atom. The van der Waals surface area contributed by atoms with Crippen LogP contribution in [0.1, 0.15) is 21.7 Å². The minimum Gasteiger partial charge on any atom is -0.453 e. The van der Waals surface area contributed by atoms with Gasteiger partial charge < -0.3 is 9.73 Å². The molecule has 2 heterocycles. The fraction of sp³-hybridized carbons (Fsp3) is 0.154. The number of alkyl halides is 1. The lowest BCUT2D eigenvalue weighted by molar-refractivity contribution is -0.115. The first-order chi connectivity index (χ1) is 8.63. The number of halogens is 2. The highest BCUT2D eigenvalue weighted by Crippen LogP contribution is 2.35. The molecule has 0 aliphatic carbocycles. The molecule has 0 saturated heterocycles. The third-order valence-corrected chi connectivity index (χ3v) is 4.30. The lowest BCUT2D eigenvalue weighted by Crippen LogP contribution is -2.03. The van der Waals surface area contributed by atoms with Crippen LogP contribution in [0.5, 0.6) is 0 Å². The summed E-state index contributed by atoms with van der Waals surface area (Å²) in [5.41, 5.74) is 3.02. The van der Waals surface area contributed by atoms with Gasteiger partial charge in [-0.2, -0.15) is 0 Å². The zero-order chi connectivity index (χ0) is 12.7. The Hall–Kier alpha value is -1.07. The monoisotopic (exact) mass is 369 g/mol. The molecule has 0 fully saturated rings. The molecular formula is C13H9Br2NO2. The summed E-state index contributed by atoms with van der Waals surface area (Å²) in [7, 11) is 0. The van der Waals surface area contributed by atoms with Gasteiger partial charge in [-0.25, -0.2) is 0 Å². The Kier molecular flexibility index (Phi) is 3.03. The van der Waals surface area contributed by atoms with Gasteiger partial charge in [0.15, 0.2) is 4.67 Å². The Balaban J connectivity index is 1.94. The van der Waals surface area contributed by atoms with Crippen LogP contribution in [-0.2, 0) is 11.2 Å². The van der Waals surface area contributed by atoms with Crippen LogP contribution in [-0.4, -0.2) is 5.91 Å². The standard InChI is InChI=1S/C13H9Br2NO2/c14-11-4-3-10(18-11)13(15)7-1-2-9-8(5-7)6-12(17)16-9/h1-5,13H,6H2,(H,16,17). The van der Waals surface area contributed by atoms with Gasteiger partial charge in [0.1, 0.15) is 5.76 Å². The zero-order valence-electron chi connectivity index (χ0n) is 9.24. The molecule has 1 amide bonds. The molecule has 92 valence electrons. The molecular weight excluding hydrogens is 362 g/mol. The van der Waals surface area contributed by atoms with Crippen LogP contribution < -0.4 is 5.32 Å². The summed E-state index contributed by atoms with van der Waals surface area (Å²) in [5.74, 6) is 0.883. The second-order valence-corrected chi connectivity index (χ2v) is 5.84. The van der Waals surface area contributed by atoms with Gasteiger partial charge in [-0.05, 0) is 45.3 Å². The lowest BCUT2D eigenvalue weighted by Gasteiger charge is -2.09. The van der Waals surface area contributed by atoms with E-state index in [2.05, 4.69) is 37.2 Å². The van der Waals surface area contributed by atoms with Crippen molar-refractivity contribution >= 4 is 43.5 Å². The van der Waals surface area contributed by atoms with Crippen molar-refractivity contribution in [3.63, 3.8) is 0 Å². The first kappa shape index (κ1) is 12.0. The summed E-state index contributed by atoms with van der Waals surface area (Å²) in [6.07, 6.45) is 0.449. The second-order valence-electron chi connectivity index (χ2n) is 4.15. The normalized spacial score (nSPS) is 15.3. The van der Waals surface area contributed by atoms with E-state index in [1.165, 1.54) is 0 Å². The maximum absolute atomic E-state index is 11.3. The van der Waals surface area contributed by atoms with Crippen LogP contribution in [0.3, 0.4) is 0 Å². The Bertz CT molecular complexity index is 621. The topological polar surface area (TPSA) is 42.2 Å². The smallest absolute Gasteiger partial charge is 0.228 e. The second kappa shape index (κ2) is 4.55. The average Bonchev–Trinajstić information content (AvgIpc) is 2.92. The van der Waals surface area contributed by atoms with Gasteiger partial charge in [0.05, 0.1) is 11.2 Å². The van der Waals surface area contributed by atoms with E-state index in [-0.39, 0.29) is 10.7 Å². The molecule has 2 aromatic rings. The number of carbonyl (C=O) groups excluding carboxylic acids is 1. The Morgan fingerprint density at radius 3 is 2.83 bits per heavy atom. The van der Waals surface area contributed by atoms with Crippen molar-refractivity contribution in [2.24, 2.45) is 0 Å². The van der Waals surface area contributed by atoms with Gasteiger partial charge in [-0.1, -0.05) is 28.1 Å². The molecule has 1 aromatic heterocycles. The predicted molar refractivity (Wildman–Crippen MR) is 76.0 cm³/mol. The number of fused-ring (bicyclic) bond motifs is 1. The van der Waals surface area contributed by atoms with Gasteiger partial charge in [0.2, 0.25) is 5.91 Å². The Morgan fingerprint density at radius 2 is 2.11 bits per heavy atom. The number of nitrogens with one attached hydrogen (secondary N) is 1. The van der Waals surface area contributed by atoms with E-state index in [0.29, 0.717) is 11.1 Å². The van der Waals surface area contributed by atoms with Crippen LogP contribution in [0.25, 0.3) is 0 Å². The van der Waals surface area contributed by atoms with Crippen molar-refractivity contribution in [1.82, 2.24) is 0 Å². The fourth-order valence-electron chi connectivity index (χ4n) is 2.04. The first-order valence-electron chi connectivity index (χ1n) is 5.45. The van der Waals surface area contributed by atoms with Crippen molar-refractivity contribution in [3.05, 3.63) is 51.9 Å².